The fraction of sp³-hybridized carbons (Fsp3) is 0.0455. The Morgan fingerprint density at radius 2 is 1.71 bits per heavy atom. The van der Waals surface area contributed by atoms with E-state index in [4.69, 9.17) is 39.2 Å². The molecule has 1 aromatic heterocycles. The van der Waals surface area contributed by atoms with Gasteiger partial charge in [-0.1, -0.05) is 40.9 Å². The summed E-state index contributed by atoms with van der Waals surface area (Å²) in [4.78, 5) is 38.6. The Kier molecular flexibility index (Phi) is 5.62. The van der Waals surface area contributed by atoms with Gasteiger partial charge >= 0.3 is 6.03 Å². The second kappa shape index (κ2) is 8.23. The SMILES string of the molecule is Cc1c(Cl)cccc1N1C(=O)NC(=O)/C(=C/c2ccc(-c3ccc(Cl)c(Cl)c3)o2)C1=O. The molecule has 1 aliphatic heterocycles. The molecule has 156 valence electrons. The molecule has 6 nitrogen and oxygen atoms in total. The van der Waals surface area contributed by atoms with Gasteiger partial charge in [-0.3, -0.25) is 14.9 Å². The van der Waals surface area contributed by atoms with Crippen molar-refractivity contribution in [3.8, 4) is 11.3 Å². The molecule has 1 fully saturated rings. The molecule has 0 atom stereocenters. The normalized spacial score (nSPS) is 15.5. The highest BCUT2D eigenvalue weighted by Crippen LogP contribution is 2.32. The molecule has 4 rings (SSSR count). The number of barbiturate groups is 1. The maximum absolute atomic E-state index is 13.0. The minimum Gasteiger partial charge on any atom is -0.457 e. The van der Waals surface area contributed by atoms with Crippen molar-refractivity contribution in [1.82, 2.24) is 5.32 Å². The van der Waals surface area contributed by atoms with Crippen LogP contribution >= 0.6 is 34.8 Å². The monoisotopic (exact) mass is 474 g/mol. The molecule has 0 saturated carbocycles. The van der Waals surface area contributed by atoms with Crippen LogP contribution in [0.25, 0.3) is 17.4 Å². The van der Waals surface area contributed by atoms with Gasteiger partial charge in [-0.05, 0) is 61.0 Å². The first kappa shape index (κ1) is 21.2. The Morgan fingerprint density at radius 3 is 2.45 bits per heavy atom. The first-order chi connectivity index (χ1) is 14.8. The number of hydrogen-bond donors (Lipinski definition) is 1. The van der Waals surface area contributed by atoms with Crippen LogP contribution in [-0.4, -0.2) is 17.8 Å². The molecule has 4 amide bonds. The number of urea groups is 1. The summed E-state index contributed by atoms with van der Waals surface area (Å²) in [6.07, 6.45) is 1.28. The highest BCUT2D eigenvalue weighted by atomic mass is 35.5. The van der Waals surface area contributed by atoms with Crippen LogP contribution in [0, 0.1) is 6.92 Å². The van der Waals surface area contributed by atoms with Crippen molar-refractivity contribution in [1.29, 1.82) is 0 Å². The van der Waals surface area contributed by atoms with Crippen LogP contribution in [0.5, 0.6) is 0 Å². The lowest BCUT2D eigenvalue weighted by atomic mass is 10.1. The molecule has 0 spiro atoms. The van der Waals surface area contributed by atoms with Gasteiger partial charge in [-0.25, -0.2) is 9.69 Å². The molecule has 1 aliphatic rings. The van der Waals surface area contributed by atoms with E-state index in [1.807, 2.05) is 0 Å². The van der Waals surface area contributed by atoms with E-state index in [1.54, 1.807) is 55.5 Å². The third kappa shape index (κ3) is 3.97. The molecular formula is C22H13Cl3N2O4. The van der Waals surface area contributed by atoms with Gasteiger partial charge in [-0.15, -0.1) is 0 Å². The Bertz CT molecular complexity index is 1280. The zero-order valence-electron chi connectivity index (χ0n) is 15.9. The van der Waals surface area contributed by atoms with Gasteiger partial charge in [-0.2, -0.15) is 0 Å². The van der Waals surface area contributed by atoms with Crippen LogP contribution in [0.3, 0.4) is 0 Å². The summed E-state index contributed by atoms with van der Waals surface area (Å²) in [5, 5.41) is 3.33. The molecule has 0 aliphatic carbocycles. The Balaban J connectivity index is 1.70. The fourth-order valence-electron chi connectivity index (χ4n) is 3.09. The van der Waals surface area contributed by atoms with Gasteiger partial charge < -0.3 is 4.42 Å². The predicted octanol–water partition coefficient (Wildman–Crippen LogP) is 5.88. The van der Waals surface area contributed by atoms with Crippen LogP contribution < -0.4 is 10.2 Å². The first-order valence-electron chi connectivity index (χ1n) is 8.98. The number of rotatable bonds is 3. The number of amides is 4. The Hall–Kier alpha value is -3.06. The van der Waals surface area contributed by atoms with Gasteiger partial charge in [0.05, 0.1) is 15.7 Å². The molecule has 2 aromatic carbocycles. The fourth-order valence-corrected chi connectivity index (χ4v) is 3.56. The van der Waals surface area contributed by atoms with Crippen molar-refractivity contribution in [2.24, 2.45) is 0 Å². The van der Waals surface area contributed by atoms with Crippen molar-refractivity contribution in [2.45, 2.75) is 6.92 Å². The molecule has 0 radical (unpaired) electrons. The van der Waals surface area contributed by atoms with Crippen molar-refractivity contribution in [3.63, 3.8) is 0 Å². The molecule has 1 saturated heterocycles. The van der Waals surface area contributed by atoms with Crippen molar-refractivity contribution in [3.05, 3.63) is 80.5 Å². The zero-order valence-corrected chi connectivity index (χ0v) is 18.2. The van der Waals surface area contributed by atoms with Crippen molar-refractivity contribution >= 4 is 64.4 Å². The van der Waals surface area contributed by atoms with E-state index in [0.29, 0.717) is 32.0 Å². The number of hydrogen-bond acceptors (Lipinski definition) is 4. The maximum Gasteiger partial charge on any atom is 0.335 e. The highest BCUT2D eigenvalue weighted by Gasteiger charge is 2.37. The number of halogens is 3. The van der Waals surface area contributed by atoms with Crippen LogP contribution in [0.15, 0.2) is 58.5 Å². The summed E-state index contributed by atoms with van der Waals surface area (Å²) in [5.74, 6) is -0.894. The molecule has 0 bridgehead atoms. The third-order valence-corrected chi connectivity index (χ3v) is 5.85. The lowest BCUT2D eigenvalue weighted by molar-refractivity contribution is -0.122. The van der Waals surface area contributed by atoms with E-state index in [9.17, 15) is 14.4 Å². The number of nitrogens with zero attached hydrogens (tertiary/aromatic N) is 1. The number of nitrogens with one attached hydrogen (secondary N) is 1. The largest absolute Gasteiger partial charge is 0.457 e. The number of carbonyl (C=O) groups is 3. The second-order valence-electron chi connectivity index (χ2n) is 6.67. The summed E-state index contributed by atoms with van der Waals surface area (Å²) in [5.41, 5.74) is 1.23. The molecule has 2 heterocycles. The molecule has 0 unspecified atom stereocenters. The average molecular weight is 476 g/mol. The quantitative estimate of drug-likeness (QED) is 0.379. The van der Waals surface area contributed by atoms with Crippen molar-refractivity contribution < 1.29 is 18.8 Å². The summed E-state index contributed by atoms with van der Waals surface area (Å²) >= 11 is 18.1. The summed E-state index contributed by atoms with van der Waals surface area (Å²) in [7, 11) is 0. The average Bonchev–Trinajstić information content (AvgIpc) is 3.19. The molecule has 9 heteroatoms. The van der Waals surface area contributed by atoms with E-state index in [0.717, 1.165) is 4.90 Å². The smallest absolute Gasteiger partial charge is 0.335 e. The molecule has 3 aromatic rings. The summed E-state index contributed by atoms with van der Waals surface area (Å²) < 4.78 is 5.74. The highest BCUT2D eigenvalue weighted by molar-refractivity contribution is 6.42. The minimum absolute atomic E-state index is 0.247. The molecule has 31 heavy (non-hydrogen) atoms. The first-order valence-corrected chi connectivity index (χ1v) is 10.1. The predicted molar refractivity (Wildman–Crippen MR) is 119 cm³/mol. The third-order valence-electron chi connectivity index (χ3n) is 4.70. The van der Waals surface area contributed by atoms with Gasteiger partial charge in [0.15, 0.2) is 0 Å². The Labute approximate surface area is 192 Å². The molecule has 1 N–H and O–H groups in total. The minimum atomic E-state index is -0.853. The lowest BCUT2D eigenvalue weighted by Gasteiger charge is -2.27. The summed E-state index contributed by atoms with van der Waals surface area (Å²) in [6.45, 7) is 1.67. The lowest BCUT2D eigenvalue weighted by Crippen LogP contribution is -2.54. The van der Waals surface area contributed by atoms with Gasteiger partial charge in [0.2, 0.25) is 0 Å². The van der Waals surface area contributed by atoms with Gasteiger partial charge in [0.1, 0.15) is 17.1 Å². The van der Waals surface area contributed by atoms with Crippen LogP contribution in [0.4, 0.5) is 10.5 Å². The maximum atomic E-state index is 13.0. The van der Waals surface area contributed by atoms with E-state index in [1.165, 1.54) is 6.08 Å². The standard InChI is InChI=1S/C22H13Cl3N2O4/c1-11-15(23)3-2-4-18(11)27-21(29)14(20(28)26-22(27)30)10-13-6-8-19(31-13)12-5-7-16(24)17(25)9-12/h2-10H,1H3,(H,26,28,30)/b14-10-. The van der Waals surface area contributed by atoms with E-state index in [-0.39, 0.29) is 17.0 Å². The zero-order chi connectivity index (χ0) is 22.3. The van der Waals surface area contributed by atoms with E-state index in [2.05, 4.69) is 5.32 Å². The number of benzene rings is 2. The number of furan rings is 1. The van der Waals surface area contributed by atoms with Crippen molar-refractivity contribution in [2.75, 3.05) is 4.90 Å². The van der Waals surface area contributed by atoms with Crippen LogP contribution in [0.1, 0.15) is 11.3 Å². The van der Waals surface area contributed by atoms with E-state index >= 15 is 0 Å². The molecular weight excluding hydrogens is 463 g/mol. The topological polar surface area (TPSA) is 79.6 Å². The van der Waals surface area contributed by atoms with Gasteiger partial charge in [0, 0.05) is 10.6 Å². The van der Waals surface area contributed by atoms with Gasteiger partial charge in [0.25, 0.3) is 11.8 Å². The van der Waals surface area contributed by atoms with E-state index < -0.39 is 17.8 Å². The summed E-state index contributed by atoms with van der Waals surface area (Å²) in [6, 6.07) is 12.2. The number of imide groups is 2. The number of carbonyl (C=O) groups excluding carboxylic acids is 3. The number of anilines is 1. The van der Waals surface area contributed by atoms with Crippen LogP contribution in [0.2, 0.25) is 15.1 Å². The Morgan fingerprint density at radius 1 is 0.935 bits per heavy atom. The second-order valence-corrected chi connectivity index (χ2v) is 7.89. The van der Waals surface area contributed by atoms with Crippen LogP contribution in [-0.2, 0) is 9.59 Å².